The summed E-state index contributed by atoms with van der Waals surface area (Å²) in [6.07, 6.45) is 2.50. The van der Waals surface area contributed by atoms with E-state index in [1.807, 2.05) is 25.2 Å². The second-order valence-corrected chi connectivity index (χ2v) is 5.97. The van der Waals surface area contributed by atoms with Gasteiger partial charge in [-0.15, -0.1) is 0 Å². The maximum absolute atomic E-state index is 12.9. The number of primary amides is 1. The van der Waals surface area contributed by atoms with Gasteiger partial charge in [-0.1, -0.05) is 30.7 Å². The van der Waals surface area contributed by atoms with E-state index in [-0.39, 0.29) is 11.8 Å². The molecule has 112 valence electrons. The topological polar surface area (TPSA) is 72.6 Å². The van der Waals surface area contributed by atoms with Crippen molar-refractivity contribution in [1.82, 2.24) is 4.90 Å². The maximum atomic E-state index is 12.9. The number of nitrogens with two attached hydrogens (primary N) is 1. The third-order valence-electron chi connectivity index (χ3n) is 4.69. The fourth-order valence-corrected chi connectivity index (χ4v) is 3.75. The van der Waals surface area contributed by atoms with Crippen molar-refractivity contribution in [3.05, 3.63) is 35.4 Å². The van der Waals surface area contributed by atoms with Gasteiger partial charge in [0.2, 0.25) is 5.78 Å². The monoisotopic (exact) mass is 288 g/mol. The van der Waals surface area contributed by atoms with Gasteiger partial charge in [-0.25, -0.2) is 4.79 Å². The number of ether oxygens (including phenoxy) is 1. The lowest BCUT2D eigenvalue weighted by atomic mass is 9.83. The van der Waals surface area contributed by atoms with Crippen molar-refractivity contribution >= 4 is 11.9 Å². The molecule has 1 aromatic rings. The van der Waals surface area contributed by atoms with Crippen molar-refractivity contribution in [2.24, 2.45) is 5.73 Å². The quantitative estimate of drug-likeness (QED) is 0.899. The third kappa shape index (κ3) is 2.21. The van der Waals surface area contributed by atoms with Crippen LogP contribution in [0, 0.1) is 0 Å². The number of piperidine rings is 1. The van der Waals surface area contributed by atoms with Gasteiger partial charge in [-0.05, 0) is 32.0 Å². The fraction of sp³-hybridized carbons (Fsp3) is 0.500. The first-order valence-corrected chi connectivity index (χ1v) is 7.36. The number of hydrogen-bond donors (Lipinski definition) is 1. The first-order valence-electron chi connectivity index (χ1n) is 7.36. The van der Waals surface area contributed by atoms with E-state index in [1.54, 1.807) is 6.07 Å². The van der Waals surface area contributed by atoms with Crippen LogP contribution in [0.4, 0.5) is 4.79 Å². The minimum absolute atomic E-state index is 0.112. The van der Waals surface area contributed by atoms with E-state index in [4.69, 9.17) is 10.5 Å². The standard InChI is InChI=1S/C16H20N2O3/c1-18-9-5-4-8-13(18)16(21-15(17)20)10-11-6-2-3-7-12(11)14(16)19/h2-3,6-7,13H,4-5,8-10H2,1H3,(H2,17,20). The number of hydrogen-bond acceptors (Lipinski definition) is 4. The van der Waals surface area contributed by atoms with Crippen LogP contribution in [-0.4, -0.2) is 42.0 Å². The number of fused-ring (bicyclic) bond motifs is 1. The summed E-state index contributed by atoms with van der Waals surface area (Å²) >= 11 is 0. The Morgan fingerprint density at radius 2 is 2.14 bits per heavy atom. The molecule has 1 heterocycles. The molecule has 1 saturated heterocycles. The summed E-state index contributed by atoms with van der Waals surface area (Å²) in [7, 11) is 1.98. The summed E-state index contributed by atoms with van der Waals surface area (Å²) in [6.45, 7) is 0.901. The Hall–Kier alpha value is -1.88. The van der Waals surface area contributed by atoms with Gasteiger partial charge in [0.15, 0.2) is 5.60 Å². The van der Waals surface area contributed by atoms with Gasteiger partial charge in [-0.2, -0.15) is 0 Å². The molecule has 2 N–H and O–H groups in total. The van der Waals surface area contributed by atoms with E-state index < -0.39 is 11.7 Å². The molecular formula is C16H20N2O3. The molecule has 2 atom stereocenters. The predicted molar refractivity (Wildman–Crippen MR) is 78.1 cm³/mol. The first kappa shape index (κ1) is 14.1. The number of likely N-dealkylation sites (N-methyl/N-ethyl adjacent to an activating group) is 1. The van der Waals surface area contributed by atoms with Crippen LogP contribution in [0.5, 0.6) is 0 Å². The Balaban J connectivity index is 2.03. The van der Waals surface area contributed by atoms with Crippen LogP contribution in [-0.2, 0) is 11.2 Å². The molecule has 3 rings (SSSR count). The number of carbonyl (C=O) groups excluding carboxylic acids is 2. The van der Waals surface area contributed by atoms with Crippen molar-refractivity contribution in [1.29, 1.82) is 0 Å². The molecule has 0 radical (unpaired) electrons. The zero-order chi connectivity index (χ0) is 15.0. The average Bonchev–Trinajstić information content (AvgIpc) is 2.73. The Morgan fingerprint density at radius 1 is 1.38 bits per heavy atom. The summed E-state index contributed by atoms with van der Waals surface area (Å²) in [6, 6.07) is 7.34. The van der Waals surface area contributed by atoms with E-state index in [1.165, 1.54) is 0 Å². The summed E-state index contributed by atoms with van der Waals surface area (Å²) in [4.78, 5) is 26.5. The third-order valence-corrected chi connectivity index (χ3v) is 4.69. The van der Waals surface area contributed by atoms with Gasteiger partial charge in [0.05, 0.1) is 6.04 Å². The molecular weight excluding hydrogens is 268 g/mol. The maximum Gasteiger partial charge on any atom is 0.405 e. The van der Waals surface area contributed by atoms with E-state index >= 15 is 0 Å². The highest BCUT2D eigenvalue weighted by Gasteiger charge is 2.55. The summed E-state index contributed by atoms with van der Waals surface area (Å²) in [5.41, 5.74) is 5.70. The molecule has 2 unspecified atom stereocenters. The van der Waals surface area contributed by atoms with Crippen molar-refractivity contribution in [2.45, 2.75) is 37.3 Å². The van der Waals surface area contributed by atoms with E-state index in [9.17, 15) is 9.59 Å². The first-order chi connectivity index (χ1) is 10.0. The Bertz CT molecular complexity index is 587. The van der Waals surface area contributed by atoms with Crippen molar-refractivity contribution < 1.29 is 14.3 Å². The Kier molecular flexibility index (Phi) is 3.45. The van der Waals surface area contributed by atoms with E-state index in [0.717, 1.165) is 31.4 Å². The zero-order valence-electron chi connectivity index (χ0n) is 12.2. The molecule has 0 spiro atoms. The number of nitrogens with zero attached hydrogens (tertiary/aromatic N) is 1. The van der Waals surface area contributed by atoms with E-state index in [0.29, 0.717) is 12.0 Å². The number of likely N-dealkylation sites (tertiary alicyclic amines) is 1. The number of rotatable bonds is 2. The van der Waals surface area contributed by atoms with Crippen LogP contribution in [0.25, 0.3) is 0 Å². The Labute approximate surface area is 124 Å². The minimum atomic E-state index is -1.16. The van der Waals surface area contributed by atoms with Crippen LogP contribution in [0.15, 0.2) is 24.3 Å². The highest BCUT2D eigenvalue weighted by molar-refractivity contribution is 6.08. The molecule has 1 amide bonds. The number of Topliss-reactive ketones (excluding diaryl/α,β-unsaturated/α-hetero) is 1. The molecule has 1 aromatic carbocycles. The second-order valence-electron chi connectivity index (χ2n) is 5.97. The van der Waals surface area contributed by atoms with Crippen molar-refractivity contribution in [3.8, 4) is 0 Å². The summed E-state index contributed by atoms with van der Waals surface area (Å²) < 4.78 is 5.45. The van der Waals surface area contributed by atoms with Gasteiger partial charge < -0.3 is 10.5 Å². The lowest BCUT2D eigenvalue weighted by molar-refractivity contribution is -0.0359. The van der Waals surface area contributed by atoms with Crippen LogP contribution in [0.2, 0.25) is 0 Å². The van der Waals surface area contributed by atoms with Gasteiger partial charge in [0, 0.05) is 12.0 Å². The molecule has 1 fully saturated rings. The molecule has 5 heteroatoms. The lowest BCUT2D eigenvalue weighted by Gasteiger charge is -2.42. The van der Waals surface area contributed by atoms with Crippen LogP contribution >= 0.6 is 0 Å². The molecule has 0 bridgehead atoms. The number of benzene rings is 1. The minimum Gasteiger partial charge on any atom is -0.433 e. The molecule has 21 heavy (non-hydrogen) atoms. The summed E-state index contributed by atoms with van der Waals surface area (Å²) in [5.74, 6) is -0.115. The number of carbonyl (C=O) groups is 2. The molecule has 1 aliphatic heterocycles. The Morgan fingerprint density at radius 3 is 2.81 bits per heavy atom. The average molecular weight is 288 g/mol. The zero-order valence-corrected chi connectivity index (χ0v) is 12.2. The molecule has 0 aromatic heterocycles. The highest BCUT2D eigenvalue weighted by atomic mass is 16.6. The molecule has 1 aliphatic carbocycles. The number of amides is 1. The molecule has 5 nitrogen and oxygen atoms in total. The van der Waals surface area contributed by atoms with Crippen LogP contribution < -0.4 is 5.73 Å². The second kappa shape index (κ2) is 5.15. The smallest absolute Gasteiger partial charge is 0.405 e. The molecule has 2 aliphatic rings. The molecule has 0 saturated carbocycles. The van der Waals surface area contributed by atoms with Crippen LogP contribution in [0.1, 0.15) is 35.2 Å². The van der Waals surface area contributed by atoms with Crippen molar-refractivity contribution in [3.63, 3.8) is 0 Å². The van der Waals surface area contributed by atoms with Crippen LogP contribution in [0.3, 0.4) is 0 Å². The SMILES string of the molecule is CN1CCCCC1C1(OC(N)=O)Cc2ccccc2C1=O. The van der Waals surface area contributed by atoms with Gasteiger partial charge >= 0.3 is 6.09 Å². The largest absolute Gasteiger partial charge is 0.433 e. The fourth-order valence-electron chi connectivity index (χ4n) is 3.75. The highest BCUT2D eigenvalue weighted by Crippen LogP contribution is 2.40. The van der Waals surface area contributed by atoms with Gasteiger partial charge in [-0.3, -0.25) is 9.69 Å². The normalized spacial score (nSPS) is 29.2. The van der Waals surface area contributed by atoms with Crippen molar-refractivity contribution in [2.75, 3.05) is 13.6 Å². The summed E-state index contributed by atoms with van der Waals surface area (Å²) in [5, 5.41) is 0. The van der Waals surface area contributed by atoms with E-state index in [2.05, 4.69) is 4.90 Å². The number of ketones is 1. The van der Waals surface area contributed by atoms with Gasteiger partial charge in [0.1, 0.15) is 0 Å². The lowest BCUT2D eigenvalue weighted by Crippen LogP contribution is -2.59. The predicted octanol–water partition coefficient (Wildman–Crippen LogP) is 1.74. The van der Waals surface area contributed by atoms with Gasteiger partial charge in [0.25, 0.3) is 0 Å².